The normalized spacial score (nSPS) is 16.0. The van der Waals surface area contributed by atoms with Crippen molar-refractivity contribution in [2.45, 2.75) is 77.2 Å². The number of ether oxygens (including phenoxy) is 2. The van der Waals surface area contributed by atoms with E-state index in [0.29, 0.717) is 50.0 Å². The standard InChI is InChI=1S/C33H45N5O4/c1-25(2)22-30(36-28-14-20-41-21-15-28)31(39)37-33(3,32(40)35-16-7-18-38-19-17-34-24-38)27-10-12-29(13-11-27)42-23-26-8-5-4-6-9-26/h4-6,8-13,17,19,24-25,28,30,36H,7,14-16,18,20-23H2,1-3H3,(H,35,40)(H,37,39)/t30-,33+/m0/s1. The molecule has 1 saturated heterocycles. The van der Waals surface area contributed by atoms with E-state index in [1.165, 1.54) is 0 Å². The number of hydrogen-bond donors (Lipinski definition) is 3. The molecular formula is C33H45N5O4. The number of rotatable bonds is 15. The van der Waals surface area contributed by atoms with E-state index in [2.05, 4.69) is 34.8 Å². The van der Waals surface area contributed by atoms with E-state index in [1.807, 2.05) is 65.4 Å². The Bertz CT molecular complexity index is 1230. The highest BCUT2D eigenvalue weighted by atomic mass is 16.5. The molecule has 0 unspecified atom stereocenters. The van der Waals surface area contributed by atoms with E-state index in [9.17, 15) is 9.59 Å². The molecule has 2 atom stereocenters. The molecule has 1 aliphatic heterocycles. The van der Waals surface area contributed by atoms with Crippen molar-refractivity contribution in [1.29, 1.82) is 0 Å². The SMILES string of the molecule is CC(C)C[C@H](NC1CCOCC1)C(=O)N[C@@](C)(C(=O)NCCCn1ccnc1)c1ccc(OCc2ccccc2)cc1. The molecule has 226 valence electrons. The number of nitrogens with one attached hydrogen (secondary N) is 3. The number of amides is 2. The van der Waals surface area contributed by atoms with Gasteiger partial charge in [0.1, 0.15) is 17.9 Å². The van der Waals surface area contributed by atoms with Gasteiger partial charge in [-0.2, -0.15) is 0 Å². The molecule has 9 heteroatoms. The predicted molar refractivity (Wildman–Crippen MR) is 163 cm³/mol. The molecular weight excluding hydrogens is 530 g/mol. The molecule has 3 aromatic rings. The van der Waals surface area contributed by atoms with Crippen molar-refractivity contribution in [1.82, 2.24) is 25.5 Å². The molecule has 2 aromatic carbocycles. The molecule has 2 amide bonds. The summed E-state index contributed by atoms with van der Waals surface area (Å²) in [6.07, 6.45) is 8.52. The predicted octanol–water partition coefficient (Wildman–Crippen LogP) is 4.18. The van der Waals surface area contributed by atoms with E-state index in [1.54, 1.807) is 19.4 Å². The van der Waals surface area contributed by atoms with Gasteiger partial charge in [0.25, 0.3) is 0 Å². The number of hydrogen-bond acceptors (Lipinski definition) is 6. The van der Waals surface area contributed by atoms with Gasteiger partial charge in [-0.05, 0) is 61.8 Å². The van der Waals surface area contributed by atoms with Crippen LogP contribution in [0, 0.1) is 5.92 Å². The zero-order chi connectivity index (χ0) is 29.8. The van der Waals surface area contributed by atoms with Crippen LogP contribution in [0.5, 0.6) is 5.75 Å². The van der Waals surface area contributed by atoms with Gasteiger partial charge in [0.15, 0.2) is 0 Å². The Morgan fingerprint density at radius 1 is 1.10 bits per heavy atom. The summed E-state index contributed by atoms with van der Waals surface area (Å²) in [5.74, 6) is 0.553. The zero-order valence-electron chi connectivity index (χ0n) is 25.1. The van der Waals surface area contributed by atoms with Crippen LogP contribution in [0.4, 0.5) is 0 Å². The fourth-order valence-electron chi connectivity index (χ4n) is 5.15. The summed E-state index contributed by atoms with van der Waals surface area (Å²) in [7, 11) is 0. The Labute approximate surface area is 249 Å². The second-order valence-corrected chi connectivity index (χ2v) is 11.6. The number of carbonyl (C=O) groups is 2. The maximum absolute atomic E-state index is 13.8. The summed E-state index contributed by atoms with van der Waals surface area (Å²) >= 11 is 0. The van der Waals surface area contributed by atoms with Crippen LogP contribution in [0.2, 0.25) is 0 Å². The molecule has 0 bridgehead atoms. The second kappa shape index (κ2) is 15.5. The molecule has 1 aliphatic rings. The Kier molecular flexibility index (Phi) is 11.5. The van der Waals surface area contributed by atoms with E-state index in [4.69, 9.17) is 9.47 Å². The van der Waals surface area contributed by atoms with E-state index >= 15 is 0 Å². The van der Waals surface area contributed by atoms with Crippen molar-refractivity contribution in [2.75, 3.05) is 19.8 Å². The van der Waals surface area contributed by atoms with Gasteiger partial charge in [-0.1, -0.05) is 56.3 Å². The highest BCUT2D eigenvalue weighted by molar-refractivity contribution is 5.93. The number of benzene rings is 2. The van der Waals surface area contributed by atoms with E-state index < -0.39 is 11.6 Å². The first-order valence-electron chi connectivity index (χ1n) is 15.0. The summed E-state index contributed by atoms with van der Waals surface area (Å²) in [6.45, 7) is 9.01. The quantitative estimate of drug-likeness (QED) is 0.235. The number of carbonyl (C=O) groups excluding carboxylic acids is 2. The highest BCUT2D eigenvalue weighted by Gasteiger charge is 2.39. The van der Waals surface area contributed by atoms with Gasteiger partial charge in [-0.25, -0.2) is 4.98 Å². The monoisotopic (exact) mass is 575 g/mol. The molecule has 0 spiro atoms. The van der Waals surface area contributed by atoms with Crippen molar-refractivity contribution in [2.24, 2.45) is 5.92 Å². The minimum absolute atomic E-state index is 0.185. The van der Waals surface area contributed by atoms with Gasteiger partial charge in [-0.3, -0.25) is 9.59 Å². The van der Waals surface area contributed by atoms with E-state index in [-0.39, 0.29) is 17.9 Å². The number of aryl methyl sites for hydroxylation is 1. The van der Waals surface area contributed by atoms with Crippen molar-refractivity contribution < 1.29 is 19.1 Å². The average molecular weight is 576 g/mol. The molecule has 3 N–H and O–H groups in total. The van der Waals surface area contributed by atoms with Crippen molar-refractivity contribution in [3.05, 3.63) is 84.4 Å². The first-order chi connectivity index (χ1) is 20.3. The van der Waals surface area contributed by atoms with Gasteiger partial charge < -0.3 is 30.0 Å². The molecule has 2 heterocycles. The summed E-state index contributed by atoms with van der Waals surface area (Å²) in [5.41, 5.74) is 0.475. The topological polar surface area (TPSA) is 107 Å². The van der Waals surface area contributed by atoms with Crippen molar-refractivity contribution >= 4 is 11.8 Å². The lowest BCUT2D eigenvalue weighted by atomic mass is 9.89. The third-order valence-electron chi connectivity index (χ3n) is 7.63. The van der Waals surface area contributed by atoms with Crippen LogP contribution in [0.3, 0.4) is 0 Å². The average Bonchev–Trinajstić information content (AvgIpc) is 3.52. The maximum atomic E-state index is 13.8. The first-order valence-corrected chi connectivity index (χ1v) is 15.0. The smallest absolute Gasteiger partial charge is 0.250 e. The highest BCUT2D eigenvalue weighted by Crippen LogP contribution is 2.25. The summed E-state index contributed by atoms with van der Waals surface area (Å²) in [6, 6.07) is 17.2. The van der Waals surface area contributed by atoms with Crippen molar-refractivity contribution in [3.63, 3.8) is 0 Å². The number of imidazole rings is 1. The molecule has 4 rings (SSSR count). The molecule has 0 radical (unpaired) electrons. The Morgan fingerprint density at radius 2 is 1.83 bits per heavy atom. The van der Waals surface area contributed by atoms with Gasteiger partial charge in [0.05, 0.1) is 12.4 Å². The molecule has 0 aliphatic carbocycles. The fraction of sp³-hybridized carbons (Fsp3) is 0.485. The van der Waals surface area contributed by atoms with Crippen LogP contribution >= 0.6 is 0 Å². The second-order valence-electron chi connectivity index (χ2n) is 11.6. The first kappa shape index (κ1) is 31.3. The molecule has 1 aromatic heterocycles. The van der Waals surface area contributed by atoms with Crippen LogP contribution in [-0.2, 0) is 33.0 Å². The Balaban J connectivity index is 1.48. The maximum Gasteiger partial charge on any atom is 0.250 e. The summed E-state index contributed by atoms with van der Waals surface area (Å²) in [4.78, 5) is 31.7. The van der Waals surface area contributed by atoms with Gasteiger partial charge in [0, 0.05) is 44.7 Å². The van der Waals surface area contributed by atoms with Gasteiger partial charge in [-0.15, -0.1) is 0 Å². The molecule has 1 fully saturated rings. The Hall–Kier alpha value is -3.69. The molecule has 9 nitrogen and oxygen atoms in total. The minimum Gasteiger partial charge on any atom is -0.489 e. The third kappa shape index (κ3) is 9.16. The van der Waals surface area contributed by atoms with Gasteiger partial charge >= 0.3 is 0 Å². The van der Waals surface area contributed by atoms with Crippen LogP contribution in [0.15, 0.2) is 73.3 Å². The zero-order valence-corrected chi connectivity index (χ0v) is 25.1. The van der Waals surface area contributed by atoms with Crippen molar-refractivity contribution in [3.8, 4) is 5.75 Å². The molecule has 0 saturated carbocycles. The Morgan fingerprint density at radius 3 is 2.50 bits per heavy atom. The van der Waals surface area contributed by atoms with Crippen LogP contribution in [0.1, 0.15) is 57.6 Å². The van der Waals surface area contributed by atoms with Crippen LogP contribution in [-0.4, -0.2) is 53.2 Å². The van der Waals surface area contributed by atoms with E-state index in [0.717, 1.165) is 31.4 Å². The lowest BCUT2D eigenvalue weighted by Crippen LogP contribution is -2.59. The summed E-state index contributed by atoms with van der Waals surface area (Å²) in [5, 5.41) is 9.75. The lowest BCUT2D eigenvalue weighted by molar-refractivity contribution is -0.134. The summed E-state index contributed by atoms with van der Waals surface area (Å²) < 4.78 is 13.4. The minimum atomic E-state index is -1.28. The third-order valence-corrected chi connectivity index (χ3v) is 7.63. The lowest BCUT2D eigenvalue weighted by Gasteiger charge is -2.34. The van der Waals surface area contributed by atoms with Crippen LogP contribution in [0.25, 0.3) is 0 Å². The fourth-order valence-corrected chi connectivity index (χ4v) is 5.15. The number of aromatic nitrogens is 2. The van der Waals surface area contributed by atoms with Gasteiger partial charge in [0.2, 0.25) is 11.8 Å². The largest absolute Gasteiger partial charge is 0.489 e. The van der Waals surface area contributed by atoms with Crippen LogP contribution < -0.4 is 20.7 Å². The molecule has 42 heavy (non-hydrogen) atoms. The number of nitrogens with zero attached hydrogens (tertiary/aromatic N) is 2.